The van der Waals surface area contributed by atoms with E-state index in [1.165, 1.54) is 5.69 Å². The van der Waals surface area contributed by atoms with Gasteiger partial charge < -0.3 is 23.8 Å². The van der Waals surface area contributed by atoms with Gasteiger partial charge in [-0.05, 0) is 49.2 Å². The summed E-state index contributed by atoms with van der Waals surface area (Å²) >= 11 is 0. The van der Waals surface area contributed by atoms with Crippen molar-refractivity contribution in [3.8, 4) is 5.75 Å². The van der Waals surface area contributed by atoms with E-state index in [9.17, 15) is 4.79 Å². The van der Waals surface area contributed by atoms with Crippen LogP contribution < -0.4 is 9.64 Å². The summed E-state index contributed by atoms with van der Waals surface area (Å²) in [5.74, 6) is 1.60. The first-order valence-electron chi connectivity index (χ1n) is 11.3. The molecule has 1 fully saturated rings. The third-order valence-corrected chi connectivity index (χ3v) is 6.00. The fraction of sp³-hybridized carbons (Fsp3) is 0.385. The summed E-state index contributed by atoms with van der Waals surface area (Å²) in [6, 6.07) is 16.1. The molecule has 0 aliphatic carbocycles. The van der Waals surface area contributed by atoms with Gasteiger partial charge in [-0.2, -0.15) is 0 Å². The zero-order valence-corrected chi connectivity index (χ0v) is 19.5. The van der Waals surface area contributed by atoms with Crippen LogP contribution in [0.4, 0.5) is 5.69 Å². The average molecular weight is 450 g/mol. The van der Waals surface area contributed by atoms with Gasteiger partial charge >= 0.3 is 0 Å². The topological polar surface area (TPSA) is 68.0 Å². The molecule has 1 aliphatic rings. The molecule has 0 unspecified atom stereocenters. The van der Waals surface area contributed by atoms with Crippen LogP contribution in [0.5, 0.6) is 5.75 Å². The number of aromatic nitrogens is 1. The SMILES string of the molecule is Cc1noc(C)c1COc1ccc(CC(=O)N(C)Cc2ccc(N3CCOCC3)cc2)cc1. The van der Waals surface area contributed by atoms with Crippen LogP contribution in [0.3, 0.4) is 0 Å². The Labute approximate surface area is 194 Å². The van der Waals surface area contributed by atoms with Crippen molar-refractivity contribution in [2.75, 3.05) is 38.3 Å². The zero-order valence-electron chi connectivity index (χ0n) is 19.5. The van der Waals surface area contributed by atoms with Crippen LogP contribution in [0, 0.1) is 13.8 Å². The van der Waals surface area contributed by atoms with Crippen molar-refractivity contribution in [2.45, 2.75) is 33.4 Å². The second kappa shape index (κ2) is 10.5. The number of ether oxygens (including phenoxy) is 2. The van der Waals surface area contributed by atoms with E-state index in [0.29, 0.717) is 19.6 Å². The number of hydrogen-bond donors (Lipinski definition) is 0. The maximum Gasteiger partial charge on any atom is 0.227 e. The van der Waals surface area contributed by atoms with Crippen LogP contribution in [0.1, 0.15) is 28.1 Å². The number of anilines is 1. The molecule has 174 valence electrons. The fourth-order valence-corrected chi connectivity index (χ4v) is 3.87. The first-order chi connectivity index (χ1) is 16.0. The Kier molecular flexibility index (Phi) is 7.29. The van der Waals surface area contributed by atoms with E-state index in [4.69, 9.17) is 14.0 Å². The van der Waals surface area contributed by atoms with Crippen molar-refractivity contribution in [2.24, 2.45) is 0 Å². The minimum atomic E-state index is 0.0802. The molecule has 0 saturated carbocycles. The molecular weight excluding hydrogens is 418 g/mol. The monoisotopic (exact) mass is 449 g/mol. The number of nitrogens with zero attached hydrogens (tertiary/aromatic N) is 3. The van der Waals surface area contributed by atoms with Crippen molar-refractivity contribution in [1.29, 1.82) is 0 Å². The summed E-state index contributed by atoms with van der Waals surface area (Å²) in [4.78, 5) is 16.8. The van der Waals surface area contributed by atoms with Crippen LogP contribution in [-0.4, -0.2) is 49.3 Å². The molecule has 7 nitrogen and oxygen atoms in total. The molecule has 0 bridgehead atoms. The largest absolute Gasteiger partial charge is 0.489 e. The first-order valence-corrected chi connectivity index (χ1v) is 11.3. The number of benzene rings is 2. The maximum absolute atomic E-state index is 12.7. The molecule has 7 heteroatoms. The minimum absolute atomic E-state index is 0.0802. The summed E-state index contributed by atoms with van der Waals surface area (Å²) in [5, 5.41) is 3.94. The van der Waals surface area contributed by atoms with Gasteiger partial charge in [0, 0.05) is 32.4 Å². The van der Waals surface area contributed by atoms with E-state index < -0.39 is 0 Å². The lowest BCUT2D eigenvalue weighted by atomic mass is 10.1. The van der Waals surface area contributed by atoms with E-state index in [0.717, 1.165) is 60.2 Å². The van der Waals surface area contributed by atoms with Crippen molar-refractivity contribution in [3.63, 3.8) is 0 Å². The van der Waals surface area contributed by atoms with Gasteiger partial charge in [-0.15, -0.1) is 0 Å². The fourth-order valence-electron chi connectivity index (χ4n) is 3.87. The molecule has 0 N–H and O–H groups in total. The number of likely N-dealkylation sites (N-methyl/N-ethyl adjacent to an activating group) is 1. The highest BCUT2D eigenvalue weighted by atomic mass is 16.5. The van der Waals surface area contributed by atoms with Gasteiger partial charge in [0.05, 0.1) is 30.9 Å². The zero-order chi connectivity index (χ0) is 23.2. The van der Waals surface area contributed by atoms with Gasteiger partial charge in [-0.25, -0.2) is 0 Å². The molecule has 1 saturated heterocycles. The van der Waals surface area contributed by atoms with E-state index in [1.807, 2.05) is 45.2 Å². The molecule has 0 radical (unpaired) electrons. The third kappa shape index (κ3) is 5.93. The van der Waals surface area contributed by atoms with Gasteiger partial charge in [0.15, 0.2) is 0 Å². The van der Waals surface area contributed by atoms with E-state index >= 15 is 0 Å². The number of morpholine rings is 1. The van der Waals surface area contributed by atoms with Gasteiger partial charge in [0.1, 0.15) is 18.1 Å². The summed E-state index contributed by atoms with van der Waals surface area (Å²) in [6.07, 6.45) is 0.354. The van der Waals surface area contributed by atoms with Crippen LogP contribution >= 0.6 is 0 Å². The van der Waals surface area contributed by atoms with Gasteiger partial charge in [0.25, 0.3) is 0 Å². The normalized spacial score (nSPS) is 13.7. The van der Waals surface area contributed by atoms with Crippen LogP contribution in [0.2, 0.25) is 0 Å². The molecule has 1 amide bonds. The number of hydrogen-bond acceptors (Lipinski definition) is 6. The molecule has 0 spiro atoms. The smallest absolute Gasteiger partial charge is 0.227 e. The highest BCUT2D eigenvalue weighted by molar-refractivity contribution is 5.78. The Morgan fingerprint density at radius 3 is 2.33 bits per heavy atom. The molecule has 0 atom stereocenters. The molecular formula is C26H31N3O4. The molecule has 1 aromatic heterocycles. The predicted molar refractivity (Wildman–Crippen MR) is 126 cm³/mol. The minimum Gasteiger partial charge on any atom is -0.489 e. The van der Waals surface area contributed by atoms with Crippen molar-refractivity contribution < 1.29 is 18.8 Å². The summed E-state index contributed by atoms with van der Waals surface area (Å²) < 4.78 is 16.4. The van der Waals surface area contributed by atoms with E-state index in [1.54, 1.807) is 4.90 Å². The molecule has 33 heavy (non-hydrogen) atoms. The first kappa shape index (κ1) is 22.9. The lowest BCUT2D eigenvalue weighted by molar-refractivity contribution is -0.129. The number of aryl methyl sites for hydroxylation is 2. The predicted octanol–water partition coefficient (Wildman–Crippen LogP) is 3.91. The Hall–Kier alpha value is -3.32. The third-order valence-electron chi connectivity index (χ3n) is 6.00. The lowest BCUT2D eigenvalue weighted by Gasteiger charge is -2.29. The van der Waals surface area contributed by atoms with Crippen LogP contribution in [0.15, 0.2) is 53.1 Å². The van der Waals surface area contributed by atoms with Crippen molar-refractivity contribution in [1.82, 2.24) is 10.1 Å². The van der Waals surface area contributed by atoms with Gasteiger partial charge in [0.2, 0.25) is 5.91 Å². The second-order valence-electron chi connectivity index (χ2n) is 8.43. The molecule has 2 heterocycles. The number of rotatable bonds is 8. The second-order valence-corrected chi connectivity index (χ2v) is 8.43. The number of carbonyl (C=O) groups excluding carboxylic acids is 1. The van der Waals surface area contributed by atoms with Gasteiger partial charge in [-0.1, -0.05) is 29.4 Å². The highest BCUT2D eigenvalue weighted by Crippen LogP contribution is 2.20. The Morgan fingerprint density at radius 1 is 1.03 bits per heavy atom. The van der Waals surface area contributed by atoms with Gasteiger partial charge in [-0.3, -0.25) is 4.79 Å². The number of amides is 1. The lowest BCUT2D eigenvalue weighted by Crippen LogP contribution is -2.36. The van der Waals surface area contributed by atoms with Crippen LogP contribution in [-0.2, 0) is 29.1 Å². The van der Waals surface area contributed by atoms with E-state index in [2.05, 4.69) is 34.3 Å². The van der Waals surface area contributed by atoms with Crippen molar-refractivity contribution in [3.05, 3.63) is 76.7 Å². The standard InChI is InChI=1S/C26H31N3O4/c1-19-25(20(2)33-27-19)18-32-24-10-6-21(7-11-24)16-26(30)28(3)17-22-4-8-23(9-5-22)29-12-14-31-15-13-29/h4-11H,12-18H2,1-3H3. The average Bonchev–Trinajstić information content (AvgIpc) is 3.16. The van der Waals surface area contributed by atoms with Crippen LogP contribution in [0.25, 0.3) is 0 Å². The maximum atomic E-state index is 12.7. The Bertz CT molecular complexity index is 1030. The summed E-state index contributed by atoms with van der Waals surface area (Å²) in [6.45, 7) is 8.15. The van der Waals surface area contributed by atoms with E-state index in [-0.39, 0.29) is 5.91 Å². The summed E-state index contributed by atoms with van der Waals surface area (Å²) in [5.41, 5.74) is 5.08. The highest BCUT2D eigenvalue weighted by Gasteiger charge is 2.14. The molecule has 4 rings (SSSR count). The number of carbonyl (C=O) groups is 1. The Morgan fingerprint density at radius 2 is 1.70 bits per heavy atom. The Balaban J connectivity index is 1.26. The molecule has 2 aromatic carbocycles. The molecule has 3 aromatic rings. The quantitative estimate of drug-likeness (QED) is 0.520. The summed E-state index contributed by atoms with van der Waals surface area (Å²) in [7, 11) is 1.85. The van der Waals surface area contributed by atoms with Crippen molar-refractivity contribution >= 4 is 11.6 Å². The molecule has 1 aliphatic heterocycles.